The van der Waals surface area contributed by atoms with Crippen LogP contribution in [-0.2, 0) is 14.3 Å². The Morgan fingerprint density at radius 2 is 2.00 bits per heavy atom. The Morgan fingerprint density at radius 3 is 2.75 bits per heavy atom. The van der Waals surface area contributed by atoms with Gasteiger partial charge in [-0.2, -0.15) is 0 Å². The number of amides is 2. The highest BCUT2D eigenvalue weighted by Crippen LogP contribution is 2.32. The Balaban J connectivity index is 1.72. The van der Waals surface area contributed by atoms with Crippen molar-refractivity contribution in [2.75, 3.05) is 25.5 Å². The maximum Gasteiger partial charge on any atom is 0.328 e. The lowest BCUT2D eigenvalue weighted by atomic mass is 9.95. The average molecular weight is 387 g/mol. The van der Waals surface area contributed by atoms with Gasteiger partial charge in [-0.1, -0.05) is 12.5 Å². The molecule has 0 aromatic heterocycles. The monoisotopic (exact) mass is 387 g/mol. The van der Waals surface area contributed by atoms with Crippen LogP contribution in [0.4, 0.5) is 5.69 Å². The maximum absolute atomic E-state index is 13.0. The van der Waals surface area contributed by atoms with Gasteiger partial charge in [0, 0.05) is 23.7 Å². The van der Waals surface area contributed by atoms with E-state index in [0.29, 0.717) is 30.8 Å². The molecule has 1 saturated carbocycles. The normalized spacial score (nSPS) is 24.6. The summed E-state index contributed by atoms with van der Waals surface area (Å²) in [6.07, 6.45) is 5.21. The molecule has 2 aliphatic rings. The first kappa shape index (κ1) is 20.3. The smallest absolute Gasteiger partial charge is 0.328 e. The summed E-state index contributed by atoms with van der Waals surface area (Å²) >= 11 is 0. The summed E-state index contributed by atoms with van der Waals surface area (Å²) in [6.45, 7) is 1.04. The van der Waals surface area contributed by atoms with E-state index in [1.807, 2.05) is 0 Å². The fourth-order valence-electron chi connectivity index (χ4n) is 4.35. The van der Waals surface area contributed by atoms with Crippen LogP contribution < -0.4 is 11.1 Å². The summed E-state index contributed by atoms with van der Waals surface area (Å²) in [6, 6.07) is 6.35. The second-order valence-electron chi connectivity index (χ2n) is 7.64. The average Bonchev–Trinajstić information content (AvgIpc) is 3.22. The van der Waals surface area contributed by atoms with Crippen molar-refractivity contribution in [3.8, 4) is 0 Å². The molecule has 3 atom stereocenters. The number of ether oxygens (including phenoxy) is 1. The third kappa shape index (κ3) is 4.35. The van der Waals surface area contributed by atoms with Crippen molar-refractivity contribution < 1.29 is 19.1 Å². The number of carbonyl (C=O) groups is 3. The van der Waals surface area contributed by atoms with Gasteiger partial charge in [-0.05, 0) is 62.8 Å². The molecule has 1 heterocycles. The van der Waals surface area contributed by atoms with Gasteiger partial charge in [0.15, 0.2) is 0 Å². The zero-order valence-corrected chi connectivity index (χ0v) is 16.4. The summed E-state index contributed by atoms with van der Waals surface area (Å²) in [5, 5.41) is 2.93. The number of anilines is 1. The van der Waals surface area contributed by atoms with Crippen LogP contribution in [0.1, 0.15) is 48.9 Å². The molecule has 7 heteroatoms. The van der Waals surface area contributed by atoms with Gasteiger partial charge in [0.2, 0.25) is 5.91 Å². The van der Waals surface area contributed by atoms with E-state index < -0.39 is 6.04 Å². The molecule has 0 spiro atoms. The van der Waals surface area contributed by atoms with Crippen molar-refractivity contribution in [3.05, 3.63) is 29.8 Å². The van der Waals surface area contributed by atoms with E-state index in [1.165, 1.54) is 7.11 Å². The minimum Gasteiger partial charge on any atom is -0.467 e. The molecule has 3 N–H and O–H groups in total. The number of carbonyl (C=O) groups excluding carboxylic acids is 3. The van der Waals surface area contributed by atoms with Gasteiger partial charge in [-0.25, -0.2) is 4.79 Å². The van der Waals surface area contributed by atoms with Crippen LogP contribution in [0.15, 0.2) is 24.3 Å². The molecule has 7 nitrogen and oxygen atoms in total. The molecule has 1 saturated heterocycles. The standard InChI is InChI=1S/C21H29N3O4/c1-28-21(27)18-10-2-3-11-24(18)20(26)14-6-4-8-16(12-14)23-19(25)17-9-5-7-15(17)13-22/h4,6,8,12,15,17-18H,2-3,5,7,9-11,13,22H2,1H3,(H,23,25)/t15-,17-,18?/m1/s1. The second-order valence-corrected chi connectivity index (χ2v) is 7.64. The molecule has 1 aromatic carbocycles. The predicted molar refractivity (Wildman–Crippen MR) is 106 cm³/mol. The molecule has 2 amide bonds. The molecule has 1 unspecified atom stereocenters. The lowest BCUT2D eigenvalue weighted by Crippen LogP contribution is -2.48. The third-order valence-electron chi connectivity index (χ3n) is 5.91. The highest BCUT2D eigenvalue weighted by Gasteiger charge is 2.34. The molecule has 28 heavy (non-hydrogen) atoms. The molecule has 3 rings (SSSR count). The van der Waals surface area contributed by atoms with E-state index >= 15 is 0 Å². The highest BCUT2D eigenvalue weighted by molar-refractivity contribution is 5.99. The largest absolute Gasteiger partial charge is 0.467 e. The van der Waals surface area contributed by atoms with Gasteiger partial charge in [0.25, 0.3) is 5.91 Å². The fraction of sp³-hybridized carbons (Fsp3) is 0.571. The first-order chi connectivity index (χ1) is 13.5. The van der Waals surface area contributed by atoms with Crippen LogP contribution >= 0.6 is 0 Å². The third-order valence-corrected chi connectivity index (χ3v) is 5.91. The molecule has 1 aromatic rings. The van der Waals surface area contributed by atoms with Gasteiger partial charge < -0.3 is 20.7 Å². The SMILES string of the molecule is COC(=O)C1CCCCN1C(=O)c1cccc(NC(=O)[C@@H]2CCC[C@@H]2CN)c1. The van der Waals surface area contributed by atoms with Crippen LogP contribution in [0, 0.1) is 11.8 Å². The number of nitrogens with two attached hydrogens (primary N) is 1. The minimum atomic E-state index is -0.548. The Hall–Kier alpha value is -2.41. The maximum atomic E-state index is 13.0. The summed E-state index contributed by atoms with van der Waals surface area (Å²) in [7, 11) is 1.34. The molecule has 0 bridgehead atoms. The van der Waals surface area contributed by atoms with Crippen LogP contribution in [0.5, 0.6) is 0 Å². The van der Waals surface area contributed by atoms with E-state index in [0.717, 1.165) is 32.1 Å². The molecule has 0 radical (unpaired) electrons. The summed E-state index contributed by atoms with van der Waals surface area (Å²) < 4.78 is 4.86. The number of esters is 1. The number of benzene rings is 1. The first-order valence-electron chi connectivity index (χ1n) is 10.0. The number of nitrogens with zero attached hydrogens (tertiary/aromatic N) is 1. The Bertz CT molecular complexity index is 736. The lowest BCUT2D eigenvalue weighted by molar-refractivity contribution is -0.147. The summed E-state index contributed by atoms with van der Waals surface area (Å²) in [5.41, 5.74) is 6.82. The molecular weight excluding hydrogens is 358 g/mol. The predicted octanol–water partition coefficient (Wildman–Crippen LogP) is 2.17. The fourth-order valence-corrected chi connectivity index (χ4v) is 4.35. The summed E-state index contributed by atoms with van der Waals surface area (Å²) in [5.74, 6) is -0.490. The minimum absolute atomic E-state index is 0.0389. The number of piperidine rings is 1. The molecule has 2 fully saturated rings. The van der Waals surface area contributed by atoms with E-state index in [1.54, 1.807) is 29.2 Å². The number of hydrogen-bond acceptors (Lipinski definition) is 5. The summed E-state index contributed by atoms with van der Waals surface area (Å²) in [4.78, 5) is 39.3. The zero-order chi connectivity index (χ0) is 20.1. The van der Waals surface area contributed by atoms with Gasteiger partial charge in [-0.3, -0.25) is 9.59 Å². The number of hydrogen-bond donors (Lipinski definition) is 2. The van der Waals surface area contributed by atoms with Crippen LogP contribution in [0.25, 0.3) is 0 Å². The molecule has 1 aliphatic heterocycles. The van der Waals surface area contributed by atoms with Gasteiger partial charge >= 0.3 is 5.97 Å². The van der Waals surface area contributed by atoms with Crippen molar-refractivity contribution in [2.45, 2.75) is 44.6 Å². The number of methoxy groups -OCH3 is 1. The number of nitrogens with one attached hydrogen (secondary N) is 1. The van der Waals surface area contributed by atoms with E-state index in [-0.39, 0.29) is 29.6 Å². The Labute approximate surface area is 165 Å². The second kappa shape index (κ2) is 9.19. The van der Waals surface area contributed by atoms with Crippen molar-refractivity contribution in [1.29, 1.82) is 0 Å². The van der Waals surface area contributed by atoms with Crippen molar-refractivity contribution >= 4 is 23.5 Å². The number of rotatable bonds is 5. The quantitative estimate of drug-likeness (QED) is 0.754. The van der Waals surface area contributed by atoms with Gasteiger partial charge in [-0.15, -0.1) is 0 Å². The highest BCUT2D eigenvalue weighted by atomic mass is 16.5. The first-order valence-corrected chi connectivity index (χ1v) is 10.0. The number of likely N-dealkylation sites (tertiary alicyclic amines) is 1. The van der Waals surface area contributed by atoms with Crippen LogP contribution in [0.3, 0.4) is 0 Å². The van der Waals surface area contributed by atoms with E-state index in [9.17, 15) is 14.4 Å². The topological polar surface area (TPSA) is 102 Å². The van der Waals surface area contributed by atoms with E-state index in [4.69, 9.17) is 10.5 Å². The van der Waals surface area contributed by atoms with Crippen molar-refractivity contribution in [3.63, 3.8) is 0 Å². The Morgan fingerprint density at radius 1 is 1.18 bits per heavy atom. The van der Waals surface area contributed by atoms with E-state index in [2.05, 4.69) is 5.32 Å². The molecule has 1 aliphatic carbocycles. The lowest BCUT2D eigenvalue weighted by Gasteiger charge is -2.33. The molecule has 152 valence electrons. The van der Waals surface area contributed by atoms with Crippen LogP contribution in [0.2, 0.25) is 0 Å². The van der Waals surface area contributed by atoms with Crippen molar-refractivity contribution in [1.82, 2.24) is 4.90 Å². The van der Waals surface area contributed by atoms with Crippen molar-refractivity contribution in [2.24, 2.45) is 17.6 Å². The van der Waals surface area contributed by atoms with Crippen LogP contribution in [-0.4, -0.2) is 48.9 Å². The Kier molecular flexibility index (Phi) is 6.67. The molecular formula is C21H29N3O4. The van der Waals surface area contributed by atoms with Gasteiger partial charge in [0.1, 0.15) is 6.04 Å². The zero-order valence-electron chi connectivity index (χ0n) is 16.4. The van der Waals surface area contributed by atoms with Gasteiger partial charge in [0.05, 0.1) is 7.11 Å².